The number of nitrogens with zero attached hydrogens (tertiary/aromatic N) is 5. The van der Waals surface area contributed by atoms with Gasteiger partial charge in [0.1, 0.15) is 12.1 Å². The third kappa shape index (κ3) is 4.45. The Morgan fingerprint density at radius 1 is 0.842 bits per heavy atom. The summed E-state index contributed by atoms with van der Waals surface area (Å²) in [7, 11) is -3.56. The number of piperazine rings is 1. The first-order valence-corrected chi connectivity index (χ1v) is 14.2. The van der Waals surface area contributed by atoms with Crippen LogP contribution >= 0.6 is 11.6 Å². The van der Waals surface area contributed by atoms with Crippen molar-refractivity contribution in [3.05, 3.63) is 102 Å². The van der Waals surface area contributed by atoms with Crippen molar-refractivity contribution in [2.75, 3.05) is 31.1 Å². The highest BCUT2D eigenvalue weighted by Crippen LogP contribution is 2.37. The number of benzene rings is 3. The number of hydrogen-bond donors (Lipinski definition) is 0. The summed E-state index contributed by atoms with van der Waals surface area (Å²) >= 11 is 6.32. The minimum atomic E-state index is -3.56. The van der Waals surface area contributed by atoms with Gasteiger partial charge in [-0.2, -0.15) is 4.31 Å². The monoisotopic (exact) mass is 543 g/mol. The number of aromatic nitrogens is 3. The molecular formula is C29H26ClN5O2S. The van der Waals surface area contributed by atoms with Gasteiger partial charge in [-0.25, -0.2) is 18.4 Å². The number of hydrogen-bond acceptors (Lipinski definition) is 5. The fraction of sp³-hybridized carbons (Fsp3) is 0.172. The van der Waals surface area contributed by atoms with Crippen molar-refractivity contribution in [1.82, 2.24) is 18.8 Å². The molecule has 0 spiro atoms. The molecule has 0 N–H and O–H groups in total. The van der Waals surface area contributed by atoms with Gasteiger partial charge in [0.2, 0.25) is 10.0 Å². The molecule has 1 aliphatic rings. The third-order valence-corrected chi connectivity index (χ3v) is 9.03. The van der Waals surface area contributed by atoms with Crippen LogP contribution in [0.4, 0.5) is 5.82 Å². The Morgan fingerprint density at radius 2 is 1.61 bits per heavy atom. The molecule has 3 heterocycles. The van der Waals surface area contributed by atoms with E-state index in [4.69, 9.17) is 16.6 Å². The summed E-state index contributed by atoms with van der Waals surface area (Å²) in [6, 6.07) is 24.9. The summed E-state index contributed by atoms with van der Waals surface area (Å²) in [5.41, 5.74) is 4.65. The molecule has 0 amide bonds. The van der Waals surface area contributed by atoms with Gasteiger partial charge in [-0.05, 0) is 48.4 Å². The summed E-state index contributed by atoms with van der Waals surface area (Å²) in [6.45, 7) is 3.69. The molecular weight excluding hydrogens is 518 g/mol. The van der Waals surface area contributed by atoms with Crippen LogP contribution in [0.15, 0.2) is 96.3 Å². The van der Waals surface area contributed by atoms with Crippen LogP contribution in [0.3, 0.4) is 0 Å². The van der Waals surface area contributed by atoms with Crippen LogP contribution in [-0.4, -0.2) is 53.4 Å². The van der Waals surface area contributed by atoms with Gasteiger partial charge in [-0.1, -0.05) is 60.1 Å². The van der Waals surface area contributed by atoms with Gasteiger partial charge in [0.15, 0.2) is 5.65 Å². The van der Waals surface area contributed by atoms with Gasteiger partial charge in [-0.3, -0.25) is 0 Å². The molecule has 3 aromatic carbocycles. The number of halogens is 1. The molecule has 0 bridgehead atoms. The predicted octanol–water partition coefficient (Wildman–Crippen LogP) is 5.56. The number of sulfonamides is 1. The smallest absolute Gasteiger partial charge is 0.243 e. The number of aryl methyl sites for hydroxylation is 1. The van der Waals surface area contributed by atoms with Crippen molar-refractivity contribution in [3.8, 4) is 16.8 Å². The standard InChI is InChI=1S/C29H26ClN5O2S/c1-21-7-5-12-25(17-21)38(36,37)34-15-13-33(14-16-34)28-27-26(22-8-3-2-4-9-22)19-35(29(27)32-20-31-28)24-11-6-10-23(30)18-24/h2-12,17-20H,13-16H2,1H3. The molecule has 5 aromatic rings. The zero-order valence-corrected chi connectivity index (χ0v) is 22.4. The topological polar surface area (TPSA) is 71.3 Å². The SMILES string of the molecule is Cc1cccc(S(=O)(=O)N2CCN(c3ncnc4c3c(-c3ccccc3)cn4-c3cccc(Cl)c3)CC2)c1. The first-order valence-electron chi connectivity index (χ1n) is 12.4. The van der Waals surface area contributed by atoms with E-state index in [0.29, 0.717) is 36.1 Å². The Labute approximate surface area is 227 Å². The lowest BCUT2D eigenvalue weighted by molar-refractivity contribution is 0.384. The maximum atomic E-state index is 13.3. The van der Waals surface area contributed by atoms with E-state index in [1.54, 1.807) is 28.8 Å². The predicted molar refractivity (Wildman–Crippen MR) is 151 cm³/mol. The summed E-state index contributed by atoms with van der Waals surface area (Å²) in [5, 5.41) is 1.57. The molecule has 6 rings (SSSR count). The van der Waals surface area contributed by atoms with E-state index in [9.17, 15) is 8.42 Å². The molecule has 7 nitrogen and oxygen atoms in total. The molecule has 0 unspecified atom stereocenters. The van der Waals surface area contributed by atoms with Gasteiger partial charge in [-0.15, -0.1) is 0 Å². The van der Waals surface area contributed by atoms with Gasteiger partial charge < -0.3 is 9.47 Å². The average Bonchev–Trinajstić information content (AvgIpc) is 3.34. The summed E-state index contributed by atoms with van der Waals surface area (Å²) in [5.74, 6) is 0.794. The molecule has 1 fully saturated rings. The second kappa shape index (κ2) is 9.87. The highest BCUT2D eigenvalue weighted by atomic mass is 35.5. The molecule has 0 saturated carbocycles. The fourth-order valence-corrected chi connectivity index (χ4v) is 6.72. The summed E-state index contributed by atoms with van der Waals surface area (Å²) in [6.07, 6.45) is 3.64. The average molecular weight is 544 g/mol. The van der Waals surface area contributed by atoms with E-state index in [1.165, 1.54) is 0 Å². The first kappa shape index (κ1) is 24.6. The lowest BCUT2D eigenvalue weighted by Crippen LogP contribution is -2.49. The third-order valence-electron chi connectivity index (χ3n) is 6.90. The molecule has 38 heavy (non-hydrogen) atoms. The highest BCUT2D eigenvalue weighted by Gasteiger charge is 2.30. The molecule has 9 heteroatoms. The normalized spacial score (nSPS) is 14.7. The van der Waals surface area contributed by atoms with Gasteiger partial charge in [0.05, 0.1) is 10.3 Å². The van der Waals surface area contributed by atoms with E-state index in [-0.39, 0.29) is 0 Å². The van der Waals surface area contributed by atoms with Crippen LogP contribution in [-0.2, 0) is 10.0 Å². The minimum Gasteiger partial charge on any atom is -0.353 e. The number of anilines is 1. The zero-order chi connectivity index (χ0) is 26.3. The van der Waals surface area contributed by atoms with Crippen LogP contribution in [0.2, 0.25) is 5.02 Å². The molecule has 192 valence electrons. The van der Waals surface area contributed by atoms with Crippen LogP contribution in [0.25, 0.3) is 27.8 Å². The number of fused-ring (bicyclic) bond motifs is 1. The molecule has 0 radical (unpaired) electrons. The Bertz CT molecular complexity index is 1730. The van der Waals surface area contributed by atoms with E-state index in [0.717, 1.165) is 39.2 Å². The van der Waals surface area contributed by atoms with Crippen LogP contribution in [0.5, 0.6) is 0 Å². The summed E-state index contributed by atoms with van der Waals surface area (Å²) < 4.78 is 30.2. The van der Waals surface area contributed by atoms with Crippen molar-refractivity contribution in [1.29, 1.82) is 0 Å². The second-order valence-corrected chi connectivity index (χ2v) is 11.7. The zero-order valence-electron chi connectivity index (χ0n) is 20.8. The Kier molecular flexibility index (Phi) is 6.39. The first-order chi connectivity index (χ1) is 18.4. The lowest BCUT2D eigenvalue weighted by atomic mass is 10.1. The molecule has 0 atom stereocenters. The van der Waals surface area contributed by atoms with Crippen molar-refractivity contribution >= 4 is 38.5 Å². The second-order valence-electron chi connectivity index (χ2n) is 9.36. The Balaban J connectivity index is 1.39. The molecule has 2 aromatic heterocycles. The highest BCUT2D eigenvalue weighted by molar-refractivity contribution is 7.89. The number of rotatable bonds is 5. The Morgan fingerprint density at radius 3 is 2.34 bits per heavy atom. The van der Waals surface area contributed by atoms with Crippen molar-refractivity contribution < 1.29 is 8.42 Å². The summed E-state index contributed by atoms with van der Waals surface area (Å²) in [4.78, 5) is 11.9. The largest absolute Gasteiger partial charge is 0.353 e. The van der Waals surface area contributed by atoms with E-state index < -0.39 is 10.0 Å². The molecule has 1 aliphatic heterocycles. The molecule has 1 saturated heterocycles. The lowest BCUT2D eigenvalue weighted by Gasteiger charge is -2.35. The Hall–Kier alpha value is -3.72. The van der Waals surface area contributed by atoms with Crippen LogP contribution in [0, 0.1) is 6.92 Å². The maximum absolute atomic E-state index is 13.3. The van der Waals surface area contributed by atoms with Gasteiger partial charge >= 0.3 is 0 Å². The van der Waals surface area contributed by atoms with Crippen molar-refractivity contribution in [3.63, 3.8) is 0 Å². The van der Waals surface area contributed by atoms with E-state index >= 15 is 0 Å². The van der Waals surface area contributed by atoms with Gasteiger partial charge in [0, 0.05) is 48.6 Å². The maximum Gasteiger partial charge on any atom is 0.243 e. The van der Waals surface area contributed by atoms with Crippen LogP contribution < -0.4 is 4.90 Å². The fourth-order valence-electron chi connectivity index (χ4n) is 5.01. The minimum absolute atomic E-state index is 0.334. The van der Waals surface area contributed by atoms with E-state index in [2.05, 4.69) is 28.2 Å². The van der Waals surface area contributed by atoms with Gasteiger partial charge in [0.25, 0.3) is 0 Å². The quantitative estimate of drug-likeness (QED) is 0.290. The molecule has 0 aliphatic carbocycles. The van der Waals surface area contributed by atoms with Crippen molar-refractivity contribution in [2.45, 2.75) is 11.8 Å². The van der Waals surface area contributed by atoms with Crippen molar-refractivity contribution in [2.24, 2.45) is 0 Å². The van der Waals surface area contributed by atoms with Crippen LogP contribution in [0.1, 0.15) is 5.56 Å². The van der Waals surface area contributed by atoms with E-state index in [1.807, 2.05) is 60.0 Å².